The highest BCUT2D eigenvalue weighted by atomic mass is 19.1. The van der Waals surface area contributed by atoms with Crippen LogP contribution in [0.2, 0.25) is 0 Å². The van der Waals surface area contributed by atoms with Crippen molar-refractivity contribution < 1.29 is 9.18 Å². The fourth-order valence-corrected chi connectivity index (χ4v) is 2.50. The van der Waals surface area contributed by atoms with E-state index < -0.39 is 11.4 Å². The van der Waals surface area contributed by atoms with Gasteiger partial charge in [0.15, 0.2) is 0 Å². The van der Waals surface area contributed by atoms with Crippen molar-refractivity contribution in [1.29, 1.82) is 0 Å². The Morgan fingerprint density at radius 2 is 1.88 bits per heavy atom. The molecule has 3 nitrogen and oxygen atoms in total. The zero-order valence-corrected chi connectivity index (χ0v) is 14.9. The Bertz CT molecular complexity index is 1030. The summed E-state index contributed by atoms with van der Waals surface area (Å²) in [6, 6.07) is 14.2. The predicted molar refractivity (Wildman–Crippen MR) is 101 cm³/mol. The molecule has 1 heterocycles. The van der Waals surface area contributed by atoms with Gasteiger partial charge in [-0.2, -0.15) is 0 Å². The number of amides is 1. The number of rotatable bonds is 2. The number of hydrogen-bond donors (Lipinski definition) is 1. The second-order valence-electron chi connectivity index (χ2n) is 6.73. The highest BCUT2D eigenvalue weighted by Crippen LogP contribution is 2.17. The molecule has 3 aromatic rings. The molecular weight excluding hydrogens is 327 g/mol. The summed E-state index contributed by atoms with van der Waals surface area (Å²) in [7, 11) is 0. The number of carbonyl (C=O) groups is 1. The quantitative estimate of drug-likeness (QED) is 0.705. The van der Waals surface area contributed by atoms with E-state index in [-0.39, 0.29) is 11.4 Å². The largest absolute Gasteiger partial charge is 0.336 e. The molecule has 0 aliphatic rings. The number of nitrogens with one attached hydrogen (secondary N) is 1. The van der Waals surface area contributed by atoms with Crippen LogP contribution in [0.3, 0.4) is 0 Å². The number of nitrogens with zero attached hydrogens (tertiary/aromatic N) is 1. The Morgan fingerprint density at radius 3 is 2.62 bits per heavy atom. The van der Waals surface area contributed by atoms with Crippen LogP contribution in [0.5, 0.6) is 0 Å². The van der Waals surface area contributed by atoms with Crippen LogP contribution >= 0.6 is 0 Å². The van der Waals surface area contributed by atoms with Crippen LogP contribution in [0.1, 0.15) is 35.3 Å². The van der Waals surface area contributed by atoms with Crippen LogP contribution in [0, 0.1) is 24.6 Å². The number of aromatic nitrogens is 1. The normalized spacial score (nSPS) is 10.9. The molecule has 130 valence electrons. The average molecular weight is 346 g/mol. The SMILES string of the molecule is Cc1ccc(C#CC(C)(C)NC(=O)c2cnc3c(F)cccc3c2)cc1. The third kappa shape index (κ3) is 4.07. The van der Waals surface area contributed by atoms with Gasteiger partial charge in [-0.15, -0.1) is 0 Å². The lowest BCUT2D eigenvalue weighted by atomic mass is 10.0. The van der Waals surface area contributed by atoms with Crippen LogP contribution in [-0.2, 0) is 0 Å². The minimum absolute atomic E-state index is 0.252. The van der Waals surface area contributed by atoms with Crippen molar-refractivity contribution in [1.82, 2.24) is 10.3 Å². The van der Waals surface area contributed by atoms with Crippen LogP contribution in [0.4, 0.5) is 4.39 Å². The van der Waals surface area contributed by atoms with Crippen molar-refractivity contribution in [2.24, 2.45) is 0 Å². The number of benzene rings is 2. The predicted octanol–water partition coefficient (Wildman–Crippen LogP) is 4.24. The Kier molecular flexibility index (Phi) is 4.73. The summed E-state index contributed by atoms with van der Waals surface area (Å²) in [6.45, 7) is 5.69. The molecule has 0 aliphatic carbocycles. The fourth-order valence-electron chi connectivity index (χ4n) is 2.50. The minimum Gasteiger partial charge on any atom is -0.336 e. The second kappa shape index (κ2) is 6.97. The number of pyridine rings is 1. The maximum atomic E-state index is 13.7. The highest BCUT2D eigenvalue weighted by molar-refractivity contribution is 5.97. The first kappa shape index (κ1) is 17.6. The van der Waals surface area contributed by atoms with Gasteiger partial charge in [0, 0.05) is 17.1 Å². The van der Waals surface area contributed by atoms with Crippen LogP contribution in [0.15, 0.2) is 54.7 Å². The molecule has 26 heavy (non-hydrogen) atoms. The van der Waals surface area contributed by atoms with Crippen LogP contribution in [-0.4, -0.2) is 16.4 Å². The zero-order chi connectivity index (χ0) is 18.7. The summed E-state index contributed by atoms with van der Waals surface area (Å²) in [4.78, 5) is 16.6. The van der Waals surface area contributed by atoms with Crippen LogP contribution in [0.25, 0.3) is 10.9 Å². The third-order valence-electron chi connectivity index (χ3n) is 3.92. The van der Waals surface area contributed by atoms with Crippen molar-refractivity contribution in [3.8, 4) is 11.8 Å². The van der Waals surface area contributed by atoms with E-state index in [0.717, 1.165) is 5.56 Å². The number of hydrogen-bond acceptors (Lipinski definition) is 2. The van der Waals surface area contributed by atoms with Gasteiger partial charge in [-0.3, -0.25) is 9.78 Å². The summed E-state index contributed by atoms with van der Waals surface area (Å²) in [5.74, 6) is 5.45. The second-order valence-corrected chi connectivity index (χ2v) is 6.73. The standard InChI is InChI=1S/C22H19FN2O/c1-15-7-9-16(10-8-15)11-12-22(2,3)25-21(26)18-13-17-5-4-6-19(23)20(17)24-14-18/h4-10,13-14H,1-3H3,(H,25,26). The van der Waals surface area contributed by atoms with Crippen LogP contribution < -0.4 is 5.32 Å². The summed E-state index contributed by atoms with van der Waals surface area (Å²) in [5, 5.41) is 3.47. The molecule has 0 atom stereocenters. The zero-order valence-electron chi connectivity index (χ0n) is 14.9. The van der Waals surface area contributed by atoms with E-state index in [4.69, 9.17) is 0 Å². The lowest BCUT2D eigenvalue weighted by Crippen LogP contribution is -2.42. The first-order chi connectivity index (χ1) is 12.3. The van der Waals surface area contributed by atoms with Crippen molar-refractivity contribution in [3.05, 3.63) is 77.2 Å². The Morgan fingerprint density at radius 1 is 1.15 bits per heavy atom. The molecule has 1 N–H and O–H groups in total. The molecule has 0 aliphatic heterocycles. The Balaban J connectivity index is 1.79. The molecule has 1 amide bonds. The van der Waals surface area contributed by atoms with Gasteiger partial charge in [0.2, 0.25) is 0 Å². The summed E-state index contributed by atoms with van der Waals surface area (Å²) in [6.07, 6.45) is 1.38. The molecule has 1 aromatic heterocycles. The van der Waals surface area contributed by atoms with Gasteiger partial charge in [-0.25, -0.2) is 4.39 Å². The van der Waals surface area contributed by atoms with Gasteiger partial charge in [-0.1, -0.05) is 41.7 Å². The van der Waals surface area contributed by atoms with Crippen molar-refractivity contribution in [2.75, 3.05) is 0 Å². The Labute approximate surface area is 152 Å². The number of carbonyl (C=O) groups excluding carboxylic acids is 1. The molecule has 3 rings (SSSR count). The lowest BCUT2D eigenvalue weighted by Gasteiger charge is -2.20. The summed E-state index contributed by atoms with van der Waals surface area (Å²) in [5.41, 5.74) is 1.96. The topological polar surface area (TPSA) is 42.0 Å². The number of aryl methyl sites for hydroxylation is 1. The van der Waals surface area contributed by atoms with Gasteiger partial charge >= 0.3 is 0 Å². The lowest BCUT2D eigenvalue weighted by molar-refractivity contribution is 0.0929. The van der Waals surface area contributed by atoms with Crippen molar-refractivity contribution in [3.63, 3.8) is 0 Å². The van der Waals surface area contributed by atoms with Gasteiger partial charge < -0.3 is 5.32 Å². The fraction of sp³-hybridized carbons (Fsp3) is 0.182. The maximum absolute atomic E-state index is 13.7. The van der Waals surface area contributed by atoms with Crippen molar-refractivity contribution >= 4 is 16.8 Å². The van der Waals surface area contributed by atoms with E-state index in [0.29, 0.717) is 10.9 Å². The average Bonchev–Trinajstić information content (AvgIpc) is 2.61. The van der Waals surface area contributed by atoms with Crippen molar-refractivity contribution in [2.45, 2.75) is 26.3 Å². The minimum atomic E-state index is -0.723. The molecule has 0 saturated heterocycles. The number of fused-ring (bicyclic) bond motifs is 1. The van der Waals surface area contributed by atoms with E-state index in [1.165, 1.54) is 17.8 Å². The first-order valence-electron chi connectivity index (χ1n) is 8.31. The third-order valence-corrected chi connectivity index (χ3v) is 3.92. The number of halogens is 1. The van der Waals surface area contributed by atoms with E-state index in [9.17, 15) is 9.18 Å². The molecule has 0 saturated carbocycles. The smallest absolute Gasteiger partial charge is 0.254 e. The molecule has 0 fully saturated rings. The van der Waals surface area contributed by atoms with Gasteiger partial charge in [0.05, 0.1) is 11.1 Å². The monoisotopic (exact) mass is 346 g/mol. The molecular formula is C22H19FN2O. The molecule has 4 heteroatoms. The highest BCUT2D eigenvalue weighted by Gasteiger charge is 2.19. The first-order valence-corrected chi connectivity index (χ1v) is 8.31. The molecule has 2 aromatic carbocycles. The van der Waals surface area contributed by atoms with E-state index >= 15 is 0 Å². The van der Waals surface area contributed by atoms with E-state index in [1.807, 2.05) is 45.0 Å². The van der Waals surface area contributed by atoms with Gasteiger partial charge in [-0.05, 0) is 45.0 Å². The van der Waals surface area contributed by atoms with E-state index in [1.54, 1.807) is 18.2 Å². The van der Waals surface area contributed by atoms with Gasteiger partial charge in [0.25, 0.3) is 5.91 Å². The maximum Gasteiger partial charge on any atom is 0.254 e. The molecule has 0 spiro atoms. The molecule has 0 unspecified atom stereocenters. The summed E-state index contributed by atoms with van der Waals surface area (Å²) < 4.78 is 13.7. The number of para-hydroxylation sites is 1. The molecule has 0 bridgehead atoms. The Hall–Kier alpha value is -3.19. The van der Waals surface area contributed by atoms with Gasteiger partial charge in [0.1, 0.15) is 11.3 Å². The molecule has 0 radical (unpaired) electrons. The van der Waals surface area contributed by atoms with E-state index in [2.05, 4.69) is 22.1 Å². The summed E-state index contributed by atoms with van der Waals surface area (Å²) >= 11 is 0.